The van der Waals surface area contributed by atoms with Crippen LogP contribution < -0.4 is 15.0 Å². The molecule has 0 spiro atoms. The molecule has 1 N–H and O–H groups in total. The van der Waals surface area contributed by atoms with Crippen molar-refractivity contribution < 1.29 is 18.7 Å². The molecule has 4 rings (SSSR count). The summed E-state index contributed by atoms with van der Waals surface area (Å²) in [5.41, 5.74) is 1.14. The Bertz CT molecular complexity index is 961. The summed E-state index contributed by atoms with van der Waals surface area (Å²) in [6.45, 7) is 2.47. The van der Waals surface area contributed by atoms with Crippen LogP contribution >= 0.6 is 12.2 Å². The summed E-state index contributed by atoms with van der Waals surface area (Å²) in [6, 6.07) is 12.2. The molecule has 1 aliphatic heterocycles. The molecule has 8 heteroatoms. The van der Waals surface area contributed by atoms with Gasteiger partial charge in [0.25, 0.3) is 5.91 Å². The van der Waals surface area contributed by atoms with Crippen LogP contribution in [0.4, 0.5) is 15.8 Å². The van der Waals surface area contributed by atoms with E-state index in [4.69, 9.17) is 17.0 Å². The van der Waals surface area contributed by atoms with E-state index in [0.717, 1.165) is 18.6 Å². The molecule has 2 amide bonds. The summed E-state index contributed by atoms with van der Waals surface area (Å²) >= 11 is 5.56. The largest absolute Gasteiger partial charge is 0.494 e. The van der Waals surface area contributed by atoms with Gasteiger partial charge in [-0.1, -0.05) is 0 Å². The van der Waals surface area contributed by atoms with Gasteiger partial charge >= 0.3 is 0 Å². The Hall–Kier alpha value is -3.00. The standard InChI is InChI=1S/C22H22FN3O3S/c1-2-29-18-11-5-15(6-12-18)24-20(27)13-19-21(28)26(17-7-3-14(23)4-8-17)22(30)25(19)16-9-10-16/h3-8,11-12,16,19H,2,9-10,13H2,1H3,(H,24,27)/t19-/m0/s1. The van der Waals surface area contributed by atoms with Crippen molar-refractivity contribution >= 4 is 40.5 Å². The van der Waals surface area contributed by atoms with Crippen LogP contribution in [0.25, 0.3) is 0 Å². The summed E-state index contributed by atoms with van der Waals surface area (Å²) < 4.78 is 18.7. The topological polar surface area (TPSA) is 61.9 Å². The second-order valence-corrected chi connectivity index (χ2v) is 7.66. The van der Waals surface area contributed by atoms with Crippen LogP contribution in [-0.4, -0.2) is 40.5 Å². The van der Waals surface area contributed by atoms with Gasteiger partial charge in [0.1, 0.15) is 17.6 Å². The zero-order valence-corrected chi connectivity index (χ0v) is 17.3. The molecule has 156 valence electrons. The Kier molecular flexibility index (Phi) is 5.67. The smallest absolute Gasteiger partial charge is 0.256 e. The molecule has 6 nitrogen and oxygen atoms in total. The summed E-state index contributed by atoms with van der Waals surface area (Å²) in [5.74, 6) is -0.199. The second kappa shape index (κ2) is 8.39. The lowest BCUT2D eigenvalue weighted by molar-refractivity contribution is -0.124. The van der Waals surface area contributed by atoms with Crippen LogP contribution in [-0.2, 0) is 9.59 Å². The molecule has 0 aromatic heterocycles. The molecule has 1 saturated heterocycles. The van der Waals surface area contributed by atoms with Crippen molar-refractivity contribution in [3.05, 3.63) is 54.3 Å². The van der Waals surface area contributed by atoms with E-state index >= 15 is 0 Å². The van der Waals surface area contributed by atoms with Crippen molar-refractivity contribution in [2.45, 2.75) is 38.3 Å². The number of carbonyl (C=O) groups excluding carboxylic acids is 2. The van der Waals surface area contributed by atoms with Gasteiger partial charge in [-0.15, -0.1) is 0 Å². The molecule has 1 atom stereocenters. The minimum atomic E-state index is -0.669. The number of ether oxygens (including phenoxy) is 1. The predicted molar refractivity (Wildman–Crippen MR) is 116 cm³/mol. The number of nitrogens with one attached hydrogen (secondary N) is 1. The molecule has 2 aliphatic rings. The first-order valence-electron chi connectivity index (χ1n) is 9.92. The number of amides is 2. The van der Waals surface area contributed by atoms with Crippen molar-refractivity contribution in [2.24, 2.45) is 0 Å². The molecular formula is C22H22FN3O3S. The average molecular weight is 428 g/mol. The van der Waals surface area contributed by atoms with E-state index in [1.165, 1.54) is 29.2 Å². The van der Waals surface area contributed by atoms with Crippen molar-refractivity contribution in [1.29, 1.82) is 0 Å². The van der Waals surface area contributed by atoms with Gasteiger partial charge in [-0.05, 0) is 80.5 Å². The van der Waals surface area contributed by atoms with E-state index < -0.39 is 6.04 Å². The van der Waals surface area contributed by atoms with Crippen LogP contribution in [0.15, 0.2) is 48.5 Å². The zero-order valence-electron chi connectivity index (χ0n) is 16.5. The number of thiocarbonyl (C=S) groups is 1. The fourth-order valence-electron chi connectivity index (χ4n) is 3.58. The van der Waals surface area contributed by atoms with Crippen LogP contribution in [0.2, 0.25) is 0 Å². The van der Waals surface area contributed by atoms with E-state index in [9.17, 15) is 14.0 Å². The van der Waals surface area contributed by atoms with E-state index in [0.29, 0.717) is 23.1 Å². The molecule has 1 heterocycles. The van der Waals surface area contributed by atoms with Crippen LogP contribution in [0.3, 0.4) is 0 Å². The van der Waals surface area contributed by atoms with Crippen molar-refractivity contribution in [3.63, 3.8) is 0 Å². The Morgan fingerprint density at radius 1 is 1.17 bits per heavy atom. The molecule has 2 aromatic carbocycles. The van der Waals surface area contributed by atoms with Gasteiger partial charge in [0.05, 0.1) is 18.7 Å². The minimum absolute atomic E-state index is 0.0135. The fraction of sp³-hybridized carbons (Fsp3) is 0.318. The number of hydrogen-bond acceptors (Lipinski definition) is 4. The quantitative estimate of drug-likeness (QED) is 0.683. The van der Waals surface area contributed by atoms with Gasteiger partial charge < -0.3 is 15.0 Å². The van der Waals surface area contributed by atoms with Crippen molar-refractivity contribution in [1.82, 2.24) is 4.90 Å². The Balaban J connectivity index is 1.48. The zero-order chi connectivity index (χ0) is 21.3. The van der Waals surface area contributed by atoms with Crippen LogP contribution in [0.1, 0.15) is 26.2 Å². The molecular weight excluding hydrogens is 405 g/mol. The SMILES string of the molecule is CCOc1ccc(NC(=O)C[C@H]2C(=O)N(c3ccc(F)cc3)C(=S)N2C2CC2)cc1. The molecule has 0 bridgehead atoms. The van der Waals surface area contributed by atoms with Crippen LogP contribution in [0, 0.1) is 5.82 Å². The summed E-state index contributed by atoms with van der Waals surface area (Å²) in [5, 5.41) is 3.20. The van der Waals surface area contributed by atoms with E-state index in [1.807, 2.05) is 11.8 Å². The molecule has 2 aromatic rings. The van der Waals surface area contributed by atoms with Gasteiger partial charge in [0.15, 0.2) is 5.11 Å². The first kappa shape index (κ1) is 20.3. The second-order valence-electron chi connectivity index (χ2n) is 7.30. The monoisotopic (exact) mass is 427 g/mol. The lowest BCUT2D eigenvalue weighted by Gasteiger charge is -2.23. The minimum Gasteiger partial charge on any atom is -0.494 e. The number of halogens is 1. The van der Waals surface area contributed by atoms with Gasteiger partial charge in [-0.2, -0.15) is 0 Å². The number of hydrogen-bond donors (Lipinski definition) is 1. The number of benzene rings is 2. The van der Waals surface area contributed by atoms with E-state index in [2.05, 4.69) is 5.32 Å². The molecule has 30 heavy (non-hydrogen) atoms. The maximum absolute atomic E-state index is 13.3. The third-order valence-corrected chi connectivity index (χ3v) is 5.50. The number of nitrogens with zero attached hydrogens (tertiary/aromatic N) is 2. The Labute approximate surface area is 179 Å². The number of carbonyl (C=O) groups is 2. The highest BCUT2D eigenvalue weighted by Gasteiger charge is 2.49. The maximum Gasteiger partial charge on any atom is 0.256 e. The van der Waals surface area contributed by atoms with Gasteiger partial charge in [-0.3, -0.25) is 14.5 Å². The summed E-state index contributed by atoms with van der Waals surface area (Å²) in [4.78, 5) is 29.1. The molecule has 1 aliphatic carbocycles. The highest BCUT2D eigenvalue weighted by molar-refractivity contribution is 7.80. The highest BCUT2D eigenvalue weighted by Crippen LogP contribution is 2.37. The fourth-order valence-corrected chi connectivity index (χ4v) is 4.05. The first-order valence-corrected chi connectivity index (χ1v) is 10.3. The van der Waals surface area contributed by atoms with Crippen molar-refractivity contribution in [2.75, 3.05) is 16.8 Å². The van der Waals surface area contributed by atoms with Gasteiger partial charge in [-0.25, -0.2) is 4.39 Å². The molecule has 1 saturated carbocycles. The number of rotatable bonds is 7. The third kappa shape index (κ3) is 4.14. The summed E-state index contributed by atoms with van der Waals surface area (Å²) in [7, 11) is 0. The Morgan fingerprint density at radius 2 is 1.83 bits per heavy atom. The first-order chi connectivity index (χ1) is 14.5. The predicted octanol–water partition coefficient (Wildman–Crippen LogP) is 3.72. The lowest BCUT2D eigenvalue weighted by atomic mass is 10.1. The normalized spacial score (nSPS) is 18.7. The lowest BCUT2D eigenvalue weighted by Crippen LogP contribution is -2.39. The van der Waals surface area contributed by atoms with Crippen LogP contribution in [0.5, 0.6) is 5.75 Å². The molecule has 2 fully saturated rings. The summed E-state index contributed by atoms with van der Waals surface area (Å²) in [6.07, 6.45) is 1.85. The number of anilines is 2. The van der Waals surface area contributed by atoms with E-state index in [1.54, 1.807) is 24.3 Å². The third-order valence-electron chi connectivity index (χ3n) is 5.11. The van der Waals surface area contributed by atoms with E-state index in [-0.39, 0.29) is 30.1 Å². The van der Waals surface area contributed by atoms with Gasteiger partial charge in [0.2, 0.25) is 5.91 Å². The average Bonchev–Trinajstić information content (AvgIpc) is 3.52. The Morgan fingerprint density at radius 3 is 2.43 bits per heavy atom. The highest BCUT2D eigenvalue weighted by atomic mass is 32.1. The maximum atomic E-state index is 13.3. The van der Waals surface area contributed by atoms with Crippen molar-refractivity contribution in [3.8, 4) is 5.75 Å². The molecule has 0 radical (unpaired) electrons. The molecule has 0 unspecified atom stereocenters. The van der Waals surface area contributed by atoms with Gasteiger partial charge in [0, 0.05) is 11.7 Å².